The summed E-state index contributed by atoms with van der Waals surface area (Å²) in [5, 5.41) is 12.4. The van der Waals surface area contributed by atoms with Crippen molar-refractivity contribution in [2.75, 3.05) is 29.3 Å². The number of hydrogen-bond donors (Lipinski definition) is 2. The topological polar surface area (TPSA) is 95.0 Å². The van der Waals surface area contributed by atoms with Crippen LogP contribution in [0.4, 0.5) is 22.9 Å². The summed E-state index contributed by atoms with van der Waals surface area (Å²) in [5.41, 5.74) is 2.55. The minimum absolute atomic E-state index is 0.0721. The molecule has 2 aromatic rings. The van der Waals surface area contributed by atoms with Crippen LogP contribution in [0.5, 0.6) is 5.75 Å². The van der Waals surface area contributed by atoms with E-state index < -0.39 is 5.97 Å². The highest BCUT2D eigenvalue weighted by molar-refractivity contribution is 6.05. The molecular weight excluding hydrogens is 384 g/mol. The van der Waals surface area contributed by atoms with E-state index in [4.69, 9.17) is 4.74 Å². The Morgan fingerprint density at radius 3 is 2.63 bits per heavy atom. The Hall–Kier alpha value is -3.29. The van der Waals surface area contributed by atoms with Gasteiger partial charge in [-0.15, -0.1) is 0 Å². The highest BCUT2D eigenvalue weighted by atomic mass is 16.5. The number of hydrogen-bond acceptors (Lipinski definition) is 6. The number of ether oxygens (including phenoxy) is 1. The SMILES string of the molecule is COc1cc(C(=O)O)ccc1Nc1cc2c(cn1)N(C)C(=O)[C@@H](C)N2C1CCCC1. The van der Waals surface area contributed by atoms with Crippen LogP contribution in [0.2, 0.25) is 0 Å². The average molecular weight is 410 g/mol. The van der Waals surface area contributed by atoms with Crippen LogP contribution in [0.3, 0.4) is 0 Å². The number of rotatable bonds is 5. The molecule has 1 aromatic carbocycles. The van der Waals surface area contributed by atoms with Crippen LogP contribution in [0, 0.1) is 0 Å². The summed E-state index contributed by atoms with van der Waals surface area (Å²) < 4.78 is 5.35. The van der Waals surface area contributed by atoms with Gasteiger partial charge in [-0.2, -0.15) is 0 Å². The van der Waals surface area contributed by atoms with E-state index in [1.54, 1.807) is 24.2 Å². The smallest absolute Gasteiger partial charge is 0.335 e. The number of fused-ring (bicyclic) bond motifs is 1. The minimum atomic E-state index is -1.01. The van der Waals surface area contributed by atoms with Crippen LogP contribution in [-0.2, 0) is 4.79 Å². The molecule has 8 heteroatoms. The third kappa shape index (κ3) is 3.42. The number of amides is 1. The zero-order valence-electron chi connectivity index (χ0n) is 17.4. The molecule has 1 aliphatic heterocycles. The lowest BCUT2D eigenvalue weighted by atomic mass is 10.0. The van der Waals surface area contributed by atoms with Gasteiger partial charge in [-0.05, 0) is 38.0 Å². The second-order valence-corrected chi connectivity index (χ2v) is 7.82. The predicted molar refractivity (Wildman–Crippen MR) is 115 cm³/mol. The maximum atomic E-state index is 12.8. The Bertz CT molecular complexity index is 987. The van der Waals surface area contributed by atoms with Gasteiger partial charge in [0, 0.05) is 19.2 Å². The third-order valence-electron chi connectivity index (χ3n) is 6.04. The van der Waals surface area contributed by atoms with Gasteiger partial charge in [-0.1, -0.05) is 12.8 Å². The minimum Gasteiger partial charge on any atom is -0.495 e. The van der Waals surface area contributed by atoms with Crippen molar-refractivity contribution in [1.82, 2.24) is 4.98 Å². The van der Waals surface area contributed by atoms with E-state index in [2.05, 4.69) is 15.2 Å². The molecule has 1 fully saturated rings. The van der Waals surface area contributed by atoms with E-state index >= 15 is 0 Å². The summed E-state index contributed by atoms with van der Waals surface area (Å²) in [7, 11) is 3.28. The lowest BCUT2D eigenvalue weighted by Crippen LogP contribution is -2.54. The first-order chi connectivity index (χ1) is 14.4. The lowest BCUT2D eigenvalue weighted by molar-refractivity contribution is -0.119. The van der Waals surface area contributed by atoms with Crippen LogP contribution in [0.15, 0.2) is 30.5 Å². The van der Waals surface area contributed by atoms with Crippen molar-refractivity contribution in [1.29, 1.82) is 0 Å². The molecule has 0 spiro atoms. The molecule has 0 saturated heterocycles. The van der Waals surface area contributed by atoms with Gasteiger partial charge in [0.25, 0.3) is 0 Å². The standard InChI is InChI=1S/C22H26N4O4/c1-13-21(27)25(2)18-12-23-20(11-17(18)26(13)15-6-4-5-7-15)24-16-9-8-14(22(28)29)10-19(16)30-3/h8-13,15H,4-7H2,1-3H3,(H,23,24)(H,28,29)/t13-/m1/s1. The van der Waals surface area contributed by atoms with Crippen molar-refractivity contribution < 1.29 is 19.4 Å². The predicted octanol–water partition coefficient (Wildman–Crippen LogP) is 3.65. The molecule has 1 saturated carbocycles. The first-order valence-corrected chi connectivity index (χ1v) is 10.1. The monoisotopic (exact) mass is 410 g/mol. The Morgan fingerprint density at radius 1 is 1.23 bits per heavy atom. The second-order valence-electron chi connectivity index (χ2n) is 7.82. The number of aromatic carboxylic acids is 1. The third-order valence-corrected chi connectivity index (χ3v) is 6.04. The Balaban J connectivity index is 1.71. The molecule has 1 amide bonds. The fourth-order valence-electron chi connectivity index (χ4n) is 4.46. The first-order valence-electron chi connectivity index (χ1n) is 10.1. The van der Waals surface area contributed by atoms with Crippen molar-refractivity contribution in [2.45, 2.75) is 44.7 Å². The van der Waals surface area contributed by atoms with Gasteiger partial charge in [0.15, 0.2) is 0 Å². The molecule has 2 heterocycles. The summed E-state index contributed by atoms with van der Waals surface area (Å²) in [6.07, 6.45) is 6.22. The van der Waals surface area contributed by atoms with Gasteiger partial charge in [0.05, 0.1) is 35.9 Å². The quantitative estimate of drug-likeness (QED) is 0.777. The maximum Gasteiger partial charge on any atom is 0.335 e. The largest absolute Gasteiger partial charge is 0.495 e. The molecule has 158 valence electrons. The van der Waals surface area contributed by atoms with E-state index in [0.29, 0.717) is 23.3 Å². The Labute approximate surface area is 175 Å². The number of likely N-dealkylation sites (N-methyl/N-ethyl adjacent to an activating group) is 1. The van der Waals surface area contributed by atoms with Crippen LogP contribution in [0.25, 0.3) is 0 Å². The zero-order chi connectivity index (χ0) is 21.4. The molecule has 1 atom stereocenters. The molecule has 1 aromatic heterocycles. The van der Waals surface area contributed by atoms with Gasteiger partial charge in [-0.25, -0.2) is 9.78 Å². The number of nitrogens with zero attached hydrogens (tertiary/aromatic N) is 3. The molecule has 0 radical (unpaired) electrons. The van der Waals surface area contributed by atoms with Crippen molar-refractivity contribution >= 4 is 34.8 Å². The van der Waals surface area contributed by atoms with E-state index in [1.165, 1.54) is 32.1 Å². The second kappa shape index (κ2) is 7.85. The van der Waals surface area contributed by atoms with E-state index in [0.717, 1.165) is 24.2 Å². The fraction of sp³-hybridized carbons (Fsp3) is 0.409. The summed E-state index contributed by atoms with van der Waals surface area (Å²) >= 11 is 0. The van der Waals surface area contributed by atoms with Crippen molar-refractivity contribution in [2.24, 2.45) is 0 Å². The normalized spacial score (nSPS) is 19.0. The number of carbonyl (C=O) groups excluding carboxylic acids is 1. The van der Waals surface area contributed by atoms with Crippen molar-refractivity contribution in [3.8, 4) is 5.75 Å². The summed E-state index contributed by atoms with van der Waals surface area (Å²) in [6.45, 7) is 1.96. The number of benzene rings is 1. The molecule has 2 N–H and O–H groups in total. The molecule has 0 bridgehead atoms. The number of methoxy groups -OCH3 is 1. The molecule has 4 rings (SSSR count). The van der Waals surface area contributed by atoms with Crippen LogP contribution < -0.4 is 19.9 Å². The number of anilines is 4. The molecular formula is C22H26N4O4. The van der Waals surface area contributed by atoms with Gasteiger partial charge in [0.2, 0.25) is 5.91 Å². The first kappa shape index (κ1) is 20.0. The van der Waals surface area contributed by atoms with Gasteiger partial charge < -0.3 is 25.0 Å². The molecule has 30 heavy (non-hydrogen) atoms. The average Bonchev–Trinajstić information content (AvgIpc) is 3.26. The number of nitrogens with one attached hydrogen (secondary N) is 1. The summed E-state index contributed by atoms with van der Waals surface area (Å²) in [5.74, 6) is 0.0827. The van der Waals surface area contributed by atoms with E-state index in [-0.39, 0.29) is 17.5 Å². The summed E-state index contributed by atoms with van der Waals surface area (Å²) in [6, 6.07) is 6.72. The maximum absolute atomic E-state index is 12.8. The molecule has 0 unspecified atom stereocenters. The number of carbonyl (C=O) groups is 2. The van der Waals surface area contributed by atoms with Crippen LogP contribution >= 0.6 is 0 Å². The van der Waals surface area contributed by atoms with Crippen molar-refractivity contribution in [3.05, 3.63) is 36.0 Å². The fourth-order valence-corrected chi connectivity index (χ4v) is 4.46. The van der Waals surface area contributed by atoms with E-state index in [1.807, 2.05) is 13.0 Å². The van der Waals surface area contributed by atoms with Gasteiger partial charge >= 0.3 is 5.97 Å². The number of pyridine rings is 1. The van der Waals surface area contributed by atoms with Crippen molar-refractivity contribution in [3.63, 3.8) is 0 Å². The van der Waals surface area contributed by atoms with Gasteiger partial charge in [-0.3, -0.25) is 4.79 Å². The van der Waals surface area contributed by atoms with E-state index in [9.17, 15) is 14.7 Å². The number of carboxylic acid groups (broad SMARTS) is 1. The van der Waals surface area contributed by atoms with Crippen LogP contribution in [-0.4, -0.2) is 48.2 Å². The highest BCUT2D eigenvalue weighted by Crippen LogP contribution is 2.41. The summed E-state index contributed by atoms with van der Waals surface area (Å²) in [4.78, 5) is 32.4. The number of carboxylic acids is 1. The number of aromatic nitrogens is 1. The Morgan fingerprint density at radius 2 is 1.97 bits per heavy atom. The Kier molecular flexibility index (Phi) is 5.24. The molecule has 2 aliphatic rings. The zero-order valence-corrected chi connectivity index (χ0v) is 17.4. The van der Waals surface area contributed by atoms with Gasteiger partial charge in [0.1, 0.15) is 17.6 Å². The highest BCUT2D eigenvalue weighted by Gasteiger charge is 2.38. The molecule has 8 nitrogen and oxygen atoms in total. The molecule has 1 aliphatic carbocycles. The lowest BCUT2D eigenvalue weighted by Gasteiger charge is -2.43. The van der Waals surface area contributed by atoms with Crippen LogP contribution in [0.1, 0.15) is 43.0 Å².